The fourth-order valence-electron chi connectivity index (χ4n) is 13.4. The molecule has 0 aliphatic carbocycles. The summed E-state index contributed by atoms with van der Waals surface area (Å²) < 4.78 is 0. The molecule has 15 rings (SSSR count). The van der Waals surface area contributed by atoms with Gasteiger partial charge in [-0.25, -0.2) is 0 Å². The molecule has 0 heterocycles. The summed E-state index contributed by atoms with van der Waals surface area (Å²) in [6, 6.07) is 110. The smallest absolute Gasteiger partial charge is 0.00141 e. The Kier molecular flexibility index (Phi) is 12.4. The molecule has 83 heavy (non-hydrogen) atoms. The van der Waals surface area contributed by atoms with Crippen LogP contribution < -0.4 is 0 Å². The van der Waals surface area contributed by atoms with E-state index in [4.69, 9.17) is 6.58 Å². The molecular weight excluding hydrogens is 997 g/mol. The van der Waals surface area contributed by atoms with E-state index in [0.29, 0.717) is 0 Å². The molecule has 0 bridgehead atoms. The Labute approximate surface area is 484 Å². The second-order valence-corrected chi connectivity index (χ2v) is 21.9. The highest BCUT2D eigenvalue weighted by atomic mass is 14.3. The predicted molar refractivity (Wildman–Crippen MR) is 359 cm³/mol. The van der Waals surface area contributed by atoms with Crippen LogP contribution in [0.1, 0.15) is 16.7 Å². The zero-order valence-corrected chi connectivity index (χ0v) is 46.2. The molecule has 0 N–H and O–H groups in total. The zero-order chi connectivity index (χ0) is 55.4. The summed E-state index contributed by atoms with van der Waals surface area (Å²) in [5.74, 6) is 0. The number of allylic oxidation sites excluding steroid dienone is 2. The summed E-state index contributed by atoms with van der Waals surface area (Å²) in [6.07, 6.45) is 4.38. The number of hydrogen-bond acceptors (Lipinski definition) is 0. The van der Waals surface area contributed by atoms with Crippen LogP contribution in [0.2, 0.25) is 0 Å². The summed E-state index contributed by atoms with van der Waals surface area (Å²) in [7, 11) is 0. The molecule has 0 radical (unpaired) electrons. The normalized spacial score (nSPS) is 11.7. The van der Waals surface area contributed by atoms with Crippen LogP contribution in [0.4, 0.5) is 0 Å². The van der Waals surface area contributed by atoms with Gasteiger partial charge in [-0.15, -0.1) is 0 Å². The third-order valence-corrected chi connectivity index (χ3v) is 17.1. The van der Waals surface area contributed by atoms with Crippen LogP contribution in [0.25, 0.3) is 154 Å². The van der Waals surface area contributed by atoms with Gasteiger partial charge in [0.15, 0.2) is 0 Å². The highest BCUT2D eigenvalue weighted by Gasteiger charge is 2.25. The van der Waals surface area contributed by atoms with Crippen LogP contribution in [0, 0.1) is 6.92 Å². The molecule has 0 nitrogen and oxygen atoms in total. The lowest BCUT2D eigenvalue weighted by molar-refractivity contribution is 1.44. The molecular formula is C83H56. The van der Waals surface area contributed by atoms with Gasteiger partial charge in [0.05, 0.1) is 0 Å². The van der Waals surface area contributed by atoms with Gasteiger partial charge in [-0.05, 0) is 178 Å². The topological polar surface area (TPSA) is 0 Å². The fraction of sp³-hybridized carbons (Fsp3) is 0.0120. The van der Waals surface area contributed by atoms with Crippen LogP contribution in [0.3, 0.4) is 0 Å². The van der Waals surface area contributed by atoms with Crippen molar-refractivity contribution in [3.05, 3.63) is 327 Å². The maximum absolute atomic E-state index is 4.70. The van der Waals surface area contributed by atoms with E-state index in [1.54, 1.807) is 0 Å². The molecule has 0 saturated carbocycles. The Morgan fingerprint density at radius 1 is 0.253 bits per heavy atom. The van der Waals surface area contributed by atoms with Crippen molar-refractivity contribution < 1.29 is 0 Å². The molecule has 0 aliphatic rings. The minimum atomic E-state index is 0.988. The number of hydrogen-bond donors (Lipinski definition) is 0. The molecule has 0 unspecified atom stereocenters. The quantitative estimate of drug-likeness (QED) is 0.0946. The first kappa shape index (κ1) is 49.4. The van der Waals surface area contributed by atoms with Crippen molar-refractivity contribution in [3.8, 4) is 77.9 Å². The Bertz CT molecular complexity index is 4950. The molecule has 15 aromatic carbocycles. The predicted octanol–water partition coefficient (Wildman–Crippen LogP) is 23.3. The minimum Gasteiger partial charge on any atom is -0.0911 e. The van der Waals surface area contributed by atoms with Gasteiger partial charge in [0.2, 0.25) is 0 Å². The van der Waals surface area contributed by atoms with Crippen molar-refractivity contribution >= 4 is 76.3 Å². The summed E-state index contributed by atoms with van der Waals surface area (Å²) >= 11 is 0. The second kappa shape index (κ2) is 20.8. The Hall–Kier alpha value is -10.7. The first-order valence-corrected chi connectivity index (χ1v) is 28.8. The number of benzene rings is 15. The molecule has 0 amide bonds. The first-order valence-electron chi connectivity index (χ1n) is 28.8. The lowest BCUT2D eigenvalue weighted by Crippen LogP contribution is -1.98. The molecule has 0 saturated heterocycles. The molecule has 388 valence electrons. The highest BCUT2D eigenvalue weighted by Crippen LogP contribution is 2.52. The summed E-state index contributed by atoms with van der Waals surface area (Å²) in [6.45, 7) is 6.86. The van der Waals surface area contributed by atoms with Crippen molar-refractivity contribution in [2.45, 2.75) is 6.92 Å². The first-order chi connectivity index (χ1) is 41.1. The third kappa shape index (κ3) is 8.55. The van der Waals surface area contributed by atoms with Gasteiger partial charge in [0.25, 0.3) is 0 Å². The van der Waals surface area contributed by atoms with Gasteiger partial charge in [-0.3, -0.25) is 0 Å². The van der Waals surface area contributed by atoms with Crippen LogP contribution >= 0.6 is 0 Å². The maximum atomic E-state index is 4.70. The van der Waals surface area contributed by atoms with Gasteiger partial charge in [0.1, 0.15) is 0 Å². The van der Waals surface area contributed by atoms with Crippen molar-refractivity contribution in [1.82, 2.24) is 0 Å². The highest BCUT2D eigenvalue weighted by molar-refractivity contribution is 6.23. The largest absolute Gasteiger partial charge is 0.0911 e. The molecule has 0 aliphatic heterocycles. The molecule has 0 heteroatoms. The lowest BCUT2D eigenvalue weighted by atomic mass is 9.78. The second-order valence-electron chi connectivity index (χ2n) is 21.9. The van der Waals surface area contributed by atoms with Gasteiger partial charge >= 0.3 is 0 Å². The summed E-state index contributed by atoms with van der Waals surface area (Å²) in [4.78, 5) is 0. The van der Waals surface area contributed by atoms with Gasteiger partial charge in [-0.1, -0.05) is 310 Å². The van der Waals surface area contributed by atoms with Crippen molar-refractivity contribution in [3.63, 3.8) is 0 Å². The average molecular weight is 1050 g/mol. The molecule has 0 fully saturated rings. The lowest BCUT2D eigenvalue weighted by Gasteiger charge is -2.24. The number of fused-ring (bicyclic) bond motifs is 6. The van der Waals surface area contributed by atoms with Crippen molar-refractivity contribution in [1.29, 1.82) is 0 Å². The van der Waals surface area contributed by atoms with E-state index < -0.39 is 0 Å². The summed E-state index contributed by atoms with van der Waals surface area (Å²) in [5, 5.41) is 14.7. The maximum Gasteiger partial charge on any atom is -0.00141 e. The van der Waals surface area contributed by atoms with E-state index in [2.05, 4.69) is 316 Å². The zero-order valence-electron chi connectivity index (χ0n) is 46.2. The van der Waals surface area contributed by atoms with Crippen LogP contribution in [0.15, 0.2) is 310 Å². The fourth-order valence-corrected chi connectivity index (χ4v) is 13.4. The van der Waals surface area contributed by atoms with E-state index in [-0.39, 0.29) is 0 Å². The number of rotatable bonds is 10. The van der Waals surface area contributed by atoms with E-state index in [1.807, 2.05) is 0 Å². The van der Waals surface area contributed by atoms with Crippen molar-refractivity contribution in [2.75, 3.05) is 0 Å². The standard InChI is InChI=1S/C83H56/c1-54-23-9-10-24-56(54)42-41-55(2)76-66-31-13-15-33-68(66)77(69-34-16-14-32-67(69)76)60-44-48-62(49-45-60)80-74-39-21-22-40-75(74)81(83(59-28-7-4-8-29-59)82(80)58-26-5-3-6-27-58)63-50-46-61(47-51-63)78-70-35-17-19-37-72(70)79(73-38-20-18-36-71(73)78)65-52-43-57-25-11-12-30-64(57)53-65/h3-53H,2H2,1H3/b42-41-. The van der Waals surface area contributed by atoms with E-state index in [1.165, 1.54) is 148 Å². The third-order valence-electron chi connectivity index (χ3n) is 17.1. The molecule has 15 aromatic rings. The Morgan fingerprint density at radius 2 is 0.554 bits per heavy atom. The van der Waals surface area contributed by atoms with Gasteiger partial charge < -0.3 is 0 Å². The number of aryl methyl sites for hydroxylation is 1. The molecule has 0 atom stereocenters. The molecule has 0 aromatic heterocycles. The van der Waals surface area contributed by atoms with E-state index >= 15 is 0 Å². The van der Waals surface area contributed by atoms with Crippen LogP contribution in [-0.2, 0) is 0 Å². The Balaban J connectivity index is 0.906. The SMILES string of the molecule is C=C(/C=C\c1ccccc1C)c1c2ccccc2c(-c2ccc(-c3c(-c4ccccc4)c(-c4ccccc4)c(-c4ccc(-c5c6ccccc6c(-c6ccc7ccccc7c6)c6ccccc56)cc4)c4ccccc34)cc2)c2ccccc12. The van der Waals surface area contributed by atoms with Crippen molar-refractivity contribution in [2.24, 2.45) is 0 Å². The Morgan fingerprint density at radius 3 is 0.988 bits per heavy atom. The van der Waals surface area contributed by atoms with Gasteiger partial charge in [-0.2, -0.15) is 0 Å². The summed E-state index contributed by atoms with van der Waals surface area (Å²) in [5.41, 5.74) is 21.4. The average Bonchev–Trinajstić information content (AvgIpc) is 3.22. The minimum absolute atomic E-state index is 0.988. The van der Waals surface area contributed by atoms with Crippen LogP contribution in [-0.4, -0.2) is 0 Å². The van der Waals surface area contributed by atoms with E-state index in [0.717, 1.165) is 16.7 Å². The van der Waals surface area contributed by atoms with Gasteiger partial charge in [0, 0.05) is 0 Å². The van der Waals surface area contributed by atoms with Crippen LogP contribution in [0.5, 0.6) is 0 Å². The molecule has 0 spiro atoms. The monoisotopic (exact) mass is 1050 g/mol. The van der Waals surface area contributed by atoms with E-state index in [9.17, 15) is 0 Å².